The number of carbonyl (C=O) groups excluding carboxylic acids is 1. The molecule has 0 heterocycles. The Labute approximate surface area is 175 Å². The van der Waals surface area contributed by atoms with Crippen molar-refractivity contribution in [1.82, 2.24) is 5.32 Å². The second-order valence-corrected chi connectivity index (χ2v) is 6.25. The molecule has 2 amide bonds. The zero-order valence-corrected chi connectivity index (χ0v) is 17.1. The Kier molecular flexibility index (Phi) is 7.00. The minimum atomic E-state index is -0.368. The fraction of sp³-hybridized carbons (Fsp3) is 0.174. The topological polar surface area (TPSA) is 78.1 Å². The molecule has 7 heteroatoms. The lowest BCUT2D eigenvalue weighted by Crippen LogP contribution is -2.28. The van der Waals surface area contributed by atoms with Crippen molar-refractivity contribution in [3.63, 3.8) is 0 Å². The summed E-state index contributed by atoms with van der Waals surface area (Å²) in [6, 6.07) is 19.8. The summed E-state index contributed by atoms with van der Waals surface area (Å²) in [7, 11) is 4.64. The van der Waals surface area contributed by atoms with Crippen LogP contribution >= 0.6 is 0 Å². The molecule has 0 saturated carbocycles. The Morgan fingerprint density at radius 3 is 2.07 bits per heavy atom. The van der Waals surface area contributed by atoms with E-state index in [4.69, 9.17) is 18.9 Å². The van der Waals surface area contributed by atoms with E-state index < -0.39 is 0 Å². The van der Waals surface area contributed by atoms with Crippen LogP contribution < -0.4 is 29.6 Å². The lowest BCUT2D eigenvalue weighted by Gasteiger charge is -2.15. The molecule has 0 spiro atoms. The predicted molar refractivity (Wildman–Crippen MR) is 115 cm³/mol. The van der Waals surface area contributed by atoms with E-state index in [2.05, 4.69) is 10.6 Å². The van der Waals surface area contributed by atoms with Crippen molar-refractivity contribution < 1.29 is 23.7 Å². The van der Waals surface area contributed by atoms with E-state index in [0.29, 0.717) is 34.4 Å². The first-order valence-electron chi connectivity index (χ1n) is 9.30. The quantitative estimate of drug-likeness (QED) is 0.558. The van der Waals surface area contributed by atoms with E-state index in [0.717, 1.165) is 5.56 Å². The van der Waals surface area contributed by atoms with Gasteiger partial charge in [-0.15, -0.1) is 0 Å². The van der Waals surface area contributed by atoms with E-state index in [-0.39, 0.29) is 12.6 Å². The van der Waals surface area contributed by atoms with Crippen LogP contribution in [0.1, 0.15) is 5.56 Å². The number of benzene rings is 3. The number of para-hydroxylation sites is 3. The molecular formula is C23H24N2O5. The van der Waals surface area contributed by atoms with Crippen molar-refractivity contribution in [3.05, 3.63) is 72.3 Å². The fourth-order valence-electron chi connectivity index (χ4n) is 2.86. The third kappa shape index (κ3) is 5.14. The summed E-state index contributed by atoms with van der Waals surface area (Å²) in [5, 5.41) is 5.64. The second kappa shape index (κ2) is 10.1. The standard InChI is InChI=1S/C23H24N2O5/c1-27-20-13-16(14-21(28-2)22(20)29-3)15-24-23(26)25-18-11-7-8-12-19(18)30-17-9-5-4-6-10-17/h4-14H,15H2,1-3H3,(H2,24,25,26). The number of methoxy groups -OCH3 is 3. The summed E-state index contributed by atoms with van der Waals surface area (Å²) >= 11 is 0. The molecule has 0 aliphatic heterocycles. The molecule has 0 fully saturated rings. The highest BCUT2D eigenvalue weighted by Gasteiger charge is 2.14. The van der Waals surface area contributed by atoms with Gasteiger partial charge in [-0.25, -0.2) is 4.79 Å². The maximum Gasteiger partial charge on any atom is 0.319 e. The van der Waals surface area contributed by atoms with Crippen LogP contribution in [0.5, 0.6) is 28.7 Å². The summed E-state index contributed by atoms with van der Waals surface area (Å²) in [5.41, 5.74) is 1.36. The van der Waals surface area contributed by atoms with E-state index in [1.165, 1.54) is 0 Å². The third-order valence-corrected chi connectivity index (χ3v) is 4.28. The average Bonchev–Trinajstić information content (AvgIpc) is 2.78. The molecule has 2 N–H and O–H groups in total. The van der Waals surface area contributed by atoms with Crippen LogP contribution in [0.3, 0.4) is 0 Å². The first kappa shape index (κ1) is 20.9. The highest BCUT2D eigenvalue weighted by Crippen LogP contribution is 2.38. The molecule has 0 bridgehead atoms. The lowest BCUT2D eigenvalue weighted by atomic mass is 10.2. The fourth-order valence-corrected chi connectivity index (χ4v) is 2.86. The zero-order chi connectivity index (χ0) is 21.3. The number of hydrogen-bond donors (Lipinski definition) is 2. The maximum atomic E-state index is 12.5. The van der Waals surface area contributed by atoms with Crippen molar-refractivity contribution in [3.8, 4) is 28.7 Å². The molecule has 3 rings (SSSR count). The summed E-state index contributed by atoms with van der Waals surface area (Å²) in [4.78, 5) is 12.5. The molecule has 0 radical (unpaired) electrons. The monoisotopic (exact) mass is 408 g/mol. The van der Waals surface area contributed by atoms with Gasteiger partial charge < -0.3 is 29.6 Å². The van der Waals surface area contributed by atoms with Crippen molar-refractivity contribution >= 4 is 11.7 Å². The number of carbonyl (C=O) groups is 1. The number of hydrogen-bond acceptors (Lipinski definition) is 5. The molecular weight excluding hydrogens is 384 g/mol. The SMILES string of the molecule is COc1cc(CNC(=O)Nc2ccccc2Oc2ccccc2)cc(OC)c1OC. The van der Waals surface area contributed by atoms with Gasteiger partial charge in [0.25, 0.3) is 0 Å². The Morgan fingerprint density at radius 1 is 0.800 bits per heavy atom. The van der Waals surface area contributed by atoms with E-state index in [9.17, 15) is 4.79 Å². The Balaban J connectivity index is 1.67. The average molecular weight is 408 g/mol. The van der Waals surface area contributed by atoms with Crippen LogP contribution in [0.4, 0.5) is 10.5 Å². The molecule has 30 heavy (non-hydrogen) atoms. The van der Waals surface area contributed by atoms with Crippen molar-refractivity contribution in [2.45, 2.75) is 6.54 Å². The molecule has 0 atom stereocenters. The van der Waals surface area contributed by atoms with Gasteiger partial charge in [-0.3, -0.25) is 0 Å². The summed E-state index contributed by atoms with van der Waals surface area (Å²) in [6.45, 7) is 0.268. The van der Waals surface area contributed by atoms with Crippen LogP contribution in [-0.2, 0) is 6.54 Å². The number of urea groups is 1. The minimum Gasteiger partial charge on any atom is -0.493 e. The molecule has 3 aromatic rings. The van der Waals surface area contributed by atoms with Gasteiger partial charge in [0.05, 0.1) is 27.0 Å². The van der Waals surface area contributed by atoms with E-state index in [1.54, 1.807) is 45.6 Å². The van der Waals surface area contributed by atoms with Gasteiger partial charge in [0.1, 0.15) is 5.75 Å². The minimum absolute atomic E-state index is 0.268. The van der Waals surface area contributed by atoms with Crippen LogP contribution in [0, 0.1) is 0 Å². The molecule has 0 saturated heterocycles. The van der Waals surface area contributed by atoms with Crippen molar-refractivity contribution in [2.75, 3.05) is 26.6 Å². The number of amides is 2. The molecule has 7 nitrogen and oxygen atoms in total. The van der Waals surface area contributed by atoms with Crippen molar-refractivity contribution in [1.29, 1.82) is 0 Å². The van der Waals surface area contributed by atoms with Gasteiger partial charge in [0.15, 0.2) is 17.2 Å². The molecule has 0 unspecified atom stereocenters. The normalized spacial score (nSPS) is 10.1. The molecule has 0 aromatic heterocycles. The van der Waals surface area contributed by atoms with E-state index in [1.807, 2.05) is 42.5 Å². The molecule has 0 aliphatic rings. The van der Waals surface area contributed by atoms with Gasteiger partial charge in [-0.1, -0.05) is 30.3 Å². The van der Waals surface area contributed by atoms with Gasteiger partial charge in [-0.05, 0) is 42.0 Å². The summed E-state index contributed by atoms with van der Waals surface area (Å²) < 4.78 is 21.9. The van der Waals surface area contributed by atoms with Gasteiger partial charge >= 0.3 is 6.03 Å². The lowest BCUT2D eigenvalue weighted by molar-refractivity contribution is 0.251. The summed E-state index contributed by atoms with van der Waals surface area (Å²) in [5.74, 6) is 2.78. The van der Waals surface area contributed by atoms with Crippen LogP contribution in [-0.4, -0.2) is 27.4 Å². The number of ether oxygens (including phenoxy) is 4. The van der Waals surface area contributed by atoms with E-state index >= 15 is 0 Å². The predicted octanol–water partition coefficient (Wildman–Crippen LogP) is 4.83. The number of anilines is 1. The molecule has 0 aliphatic carbocycles. The Bertz CT molecular complexity index is 967. The first-order valence-corrected chi connectivity index (χ1v) is 9.30. The zero-order valence-electron chi connectivity index (χ0n) is 17.1. The van der Waals surface area contributed by atoms with Gasteiger partial charge in [-0.2, -0.15) is 0 Å². The number of nitrogens with one attached hydrogen (secondary N) is 2. The molecule has 156 valence electrons. The number of rotatable bonds is 8. The summed E-state index contributed by atoms with van der Waals surface area (Å²) in [6.07, 6.45) is 0. The Hall–Kier alpha value is -3.87. The Morgan fingerprint density at radius 2 is 1.43 bits per heavy atom. The molecule has 3 aromatic carbocycles. The highest BCUT2D eigenvalue weighted by atomic mass is 16.5. The van der Waals surface area contributed by atoms with Gasteiger partial charge in [0.2, 0.25) is 5.75 Å². The van der Waals surface area contributed by atoms with Crippen LogP contribution in [0.2, 0.25) is 0 Å². The van der Waals surface area contributed by atoms with Crippen LogP contribution in [0.25, 0.3) is 0 Å². The smallest absolute Gasteiger partial charge is 0.319 e. The largest absolute Gasteiger partial charge is 0.493 e. The van der Waals surface area contributed by atoms with Crippen LogP contribution in [0.15, 0.2) is 66.7 Å². The highest BCUT2D eigenvalue weighted by molar-refractivity contribution is 5.91. The van der Waals surface area contributed by atoms with Crippen molar-refractivity contribution in [2.24, 2.45) is 0 Å². The second-order valence-electron chi connectivity index (χ2n) is 6.25. The van der Waals surface area contributed by atoms with Gasteiger partial charge in [0, 0.05) is 6.54 Å². The third-order valence-electron chi connectivity index (χ3n) is 4.28. The first-order chi connectivity index (χ1) is 14.6. The maximum absolute atomic E-state index is 12.5.